The van der Waals surface area contributed by atoms with Crippen LogP contribution < -0.4 is 5.73 Å². The fourth-order valence-electron chi connectivity index (χ4n) is 2.73. The number of ketones is 1. The summed E-state index contributed by atoms with van der Waals surface area (Å²) in [6.07, 6.45) is 0. The molecule has 2 aromatic carbocycles. The van der Waals surface area contributed by atoms with Crippen LogP contribution in [-0.4, -0.2) is 11.0 Å². The highest BCUT2D eigenvalue weighted by molar-refractivity contribution is 9.10. The standard InChI is InChI=1S/C18H11BrF2N2OS/c19-13-7-10(3-6-14(13)21)15-12(8-22)18(23)25-17(15)16(24)9-1-4-11(20)5-2-9/h1-7,15,17H,23H2/t15-,17-/m1/s1. The zero-order valence-electron chi connectivity index (χ0n) is 12.7. The number of carbonyl (C=O) groups is 1. The first-order valence-electron chi connectivity index (χ1n) is 7.23. The van der Waals surface area contributed by atoms with E-state index in [0.717, 1.165) is 11.8 Å². The first-order chi connectivity index (χ1) is 11.9. The molecule has 126 valence electrons. The smallest absolute Gasteiger partial charge is 0.177 e. The molecule has 2 atom stereocenters. The van der Waals surface area contributed by atoms with Crippen molar-refractivity contribution in [2.75, 3.05) is 0 Å². The van der Waals surface area contributed by atoms with Crippen LogP contribution >= 0.6 is 27.7 Å². The summed E-state index contributed by atoms with van der Waals surface area (Å²) in [6, 6.07) is 11.6. The number of nitrogens with two attached hydrogens (primary N) is 1. The number of halogens is 3. The Kier molecular flexibility index (Phi) is 4.93. The van der Waals surface area contributed by atoms with Crippen LogP contribution in [0.3, 0.4) is 0 Å². The molecule has 0 saturated heterocycles. The van der Waals surface area contributed by atoms with Crippen LogP contribution in [0.1, 0.15) is 21.8 Å². The van der Waals surface area contributed by atoms with Gasteiger partial charge in [-0.2, -0.15) is 5.26 Å². The van der Waals surface area contributed by atoms with Crippen molar-refractivity contribution in [1.29, 1.82) is 5.26 Å². The summed E-state index contributed by atoms with van der Waals surface area (Å²) in [5, 5.41) is 9.05. The number of thioether (sulfide) groups is 1. The zero-order valence-corrected chi connectivity index (χ0v) is 15.1. The molecule has 1 aliphatic heterocycles. The Morgan fingerprint density at radius 1 is 1.20 bits per heavy atom. The van der Waals surface area contributed by atoms with Crippen LogP contribution in [0.25, 0.3) is 0 Å². The number of benzene rings is 2. The molecule has 0 fully saturated rings. The van der Waals surface area contributed by atoms with Crippen LogP contribution in [0.5, 0.6) is 0 Å². The van der Waals surface area contributed by atoms with Gasteiger partial charge in [-0.25, -0.2) is 8.78 Å². The lowest BCUT2D eigenvalue weighted by Gasteiger charge is -2.19. The molecule has 25 heavy (non-hydrogen) atoms. The largest absolute Gasteiger partial charge is 0.393 e. The van der Waals surface area contributed by atoms with Crippen molar-refractivity contribution in [2.45, 2.75) is 11.2 Å². The number of carbonyl (C=O) groups excluding carboxylic acids is 1. The lowest BCUT2D eigenvalue weighted by molar-refractivity contribution is 0.0985. The van der Waals surface area contributed by atoms with Crippen molar-refractivity contribution in [3.63, 3.8) is 0 Å². The summed E-state index contributed by atoms with van der Waals surface area (Å²) in [4.78, 5) is 12.9. The molecule has 0 spiro atoms. The molecular weight excluding hydrogens is 410 g/mol. The van der Waals surface area contributed by atoms with Crippen molar-refractivity contribution in [3.05, 3.63) is 80.3 Å². The second kappa shape index (κ2) is 6.98. The first-order valence-corrected chi connectivity index (χ1v) is 8.90. The second-order valence-corrected chi connectivity index (χ2v) is 7.49. The highest BCUT2D eigenvalue weighted by atomic mass is 79.9. The van der Waals surface area contributed by atoms with Gasteiger partial charge in [0.05, 0.1) is 26.4 Å². The summed E-state index contributed by atoms with van der Waals surface area (Å²) in [7, 11) is 0. The van der Waals surface area contributed by atoms with Crippen LogP contribution in [0, 0.1) is 23.0 Å². The third-order valence-electron chi connectivity index (χ3n) is 3.94. The van der Waals surface area contributed by atoms with E-state index in [1.807, 2.05) is 0 Å². The summed E-state index contributed by atoms with van der Waals surface area (Å²) in [6.45, 7) is 0. The Labute approximate surface area is 155 Å². The Bertz CT molecular complexity index is 922. The molecule has 0 radical (unpaired) electrons. The van der Waals surface area contributed by atoms with Gasteiger partial charge in [0.25, 0.3) is 0 Å². The molecule has 0 unspecified atom stereocenters. The number of hydrogen-bond donors (Lipinski definition) is 1. The van der Waals surface area contributed by atoms with Crippen molar-refractivity contribution in [2.24, 2.45) is 5.73 Å². The van der Waals surface area contributed by atoms with Crippen LogP contribution in [0.2, 0.25) is 0 Å². The molecule has 3 nitrogen and oxygen atoms in total. The molecule has 0 saturated carbocycles. The van der Waals surface area contributed by atoms with Gasteiger partial charge in [-0.05, 0) is 57.9 Å². The topological polar surface area (TPSA) is 66.9 Å². The maximum absolute atomic E-state index is 13.5. The van der Waals surface area contributed by atoms with Gasteiger partial charge in [0.2, 0.25) is 0 Å². The highest BCUT2D eigenvalue weighted by Gasteiger charge is 2.41. The summed E-state index contributed by atoms with van der Waals surface area (Å²) >= 11 is 4.22. The van der Waals surface area contributed by atoms with Crippen molar-refractivity contribution in [1.82, 2.24) is 0 Å². The minimum atomic E-state index is -0.669. The molecule has 1 aliphatic rings. The van der Waals surface area contributed by atoms with Crippen molar-refractivity contribution >= 4 is 33.5 Å². The van der Waals surface area contributed by atoms with E-state index < -0.39 is 22.8 Å². The number of allylic oxidation sites excluding steroid dienone is 1. The van der Waals surface area contributed by atoms with E-state index in [1.54, 1.807) is 6.07 Å². The van der Waals surface area contributed by atoms with Gasteiger partial charge in [-0.3, -0.25) is 4.79 Å². The van der Waals surface area contributed by atoms with Gasteiger partial charge in [0.15, 0.2) is 5.78 Å². The number of Topliss-reactive ketones (excluding diaryl/α,β-unsaturated/α-hetero) is 1. The summed E-state index contributed by atoms with van der Waals surface area (Å²) < 4.78 is 26.9. The Morgan fingerprint density at radius 3 is 2.48 bits per heavy atom. The molecule has 0 aromatic heterocycles. The summed E-state index contributed by atoms with van der Waals surface area (Å²) in [5.41, 5.74) is 7.16. The van der Waals surface area contributed by atoms with Crippen LogP contribution in [-0.2, 0) is 0 Å². The number of nitriles is 1. The van der Waals surface area contributed by atoms with Gasteiger partial charge >= 0.3 is 0 Å². The lowest BCUT2D eigenvalue weighted by Crippen LogP contribution is -2.23. The van der Waals surface area contributed by atoms with Gasteiger partial charge in [-0.1, -0.05) is 17.8 Å². The number of hydrogen-bond acceptors (Lipinski definition) is 4. The van der Waals surface area contributed by atoms with Crippen LogP contribution in [0.15, 0.2) is 57.5 Å². The fourth-order valence-corrected chi connectivity index (χ4v) is 4.37. The van der Waals surface area contributed by atoms with Crippen molar-refractivity contribution < 1.29 is 13.6 Å². The van der Waals surface area contributed by atoms with Gasteiger partial charge in [0, 0.05) is 11.5 Å². The lowest BCUT2D eigenvalue weighted by atomic mass is 9.86. The predicted octanol–water partition coefficient (Wildman–Crippen LogP) is 4.50. The SMILES string of the molecule is N#CC1=C(N)S[C@@H](C(=O)c2ccc(F)cc2)[C@@H]1c1ccc(F)c(Br)c1. The maximum atomic E-state index is 13.5. The number of rotatable bonds is 3. The average Bonchev–Trinajstić information content (AvgIpc) is 2.93. The molecule has 0 amide bonds. The maximum Gasteiger partial charge on any atom is 0.177 e. The molecule has 0 bridgehead atoms. The monoisotopic (exact) mass is 420 g/mol. The van der Waals surface area contributed by atoms with Gasteiger partial charge < -0.3 is 5.73 Å². The highest BCUT2D eigenvalue weighted by Crippen LogP contribution is 2.47. The molecule has 7 heteroatoms. The Morgan fingerprint density at radius 2 is 1.88 bits per heavy atom. The normalized spacial score (nSPS) is 19.8. The predicted molar refractivity (Wildman–Crippen MR) is 95.8 cm³/mol. The zero-order chi connectivity index (χ0) is 18.1. The van der Waals surface area contributed by atoms with E-state index in [9.17, 15) is 18.8 Å². The first kappa shape index (κ1) is 17.6. The van der Waals surface area contributed by atoms with Gasteiger partial charge in [-0.15, -0.1) is 0 Å². The number of nitrogens with zero attached hydrogens (tertiary/aromatic N) is 1. The Hall–Kier alpha value is -2.17. The molecule has 0 aliphatic carbocycles. The molecule has 1 heterocycles. The third kappa shape index (κ3) is 3.32. The van der Waals surface area contributed by atoms with E-state index in [1.165, 1.54) is 36.4 Å². The Balaban J connectivity index is 2.03. The van der Waals surface area contributed by atoms with E-state index in [0.29, 0.717) is 11.1 Å². The third-order valence-corrected chi connectivity index (χ3v) is 5.77. The summed E-state index contributed by atoms with van der Waals surface area (Å²) in [5.74, 6) is -1.73. The second-order valence-electron chi connectivity index (χ2n) is 5.45. The minimum Gasteiger partial charge on any atom is -0.393 e. The van der Waals surface area contributed by atoms with Crippen LogP contribution in [0.4, 0.5) is 8.78 Å². The molecule has 3 rings (SSSR count). The molecule has 2 N–H and O–H groups in total. The van der Waals surface area contributed by atoms with E-state index in [4.69, 9.17) is 5.73 Å². The van der Waals surface area contributed by atoms with E-state index in [2.05, 4.69) is 22.0 Å². The average molecular weight is 421 g/mol. The van der Waals surface area contributed by atoms with Gasteiger partial charge in [0.1, 0.15) is 11.6 Å². The molecular formula is C18H11BrF2N2OS. The van der Waals surface area contributed by atoms with Crippen molar-refractivity contribution in [3.8, 4) is 6.07 Å². The minimum absolute atomic E-state index is 0.241. The van der Waals surface area contributed by atoms with E-state index >= 15 is 0 Å². The quantitative estimate of drug-likeness (QED) is 0.742. The van der Waals surface area contributed by atoms with E-state index in [-0.39, 0.29) is 20.9 Å². The fraction of sp³-hybridized carbons (Fsp3) is 0.111. The molecule has 2 aromatic rings.